The minimum Gasteiger partial charge on any atom is -0.454 e. The van der Waals surface area contributed by atoms with E-state index in [2.05, 4.69) is 10.2 Å². The summed E-state index contributed by atoms with van der Waals surface area (Å²) in [5.74, 6) is 1.55. The Morgan fingerprint density at radius 1 is 1.33 bits per heavy atom. The molecule has 1 aliphatic rings. The first-order valence-electron chi connectivity index (χ1n) is 3.67. The molecule has 4 nitrogen and oxygen atoms in total. The summed E-state index contributed by atoms with van der Waals surface area (Å²) in [6, 6.07) is 3.84. The molecule has 2 heterocycles. The summed E-state index contributed by atoms with van der Waals surface area (Å²) in [4.78, 5) is 0. The van der Waals surface area contributed by atoms with Crippen LogP contribution < -0.4 is 9.47 Å². The molecule has 1 N–H and O–H groups in total. The molecular formula is C8H6N2O2. The zero-order valence-electron chi connectivity index (χ0n) is 6.20. The number of rotatable bonds is 0. The molecule has 0 aliphatic carbocycles. The van der Waals surface area contributed by atoms with Crippen LogP contribution in [0.3, 0.4) is 0 Å². The molecule has 0 saturated carbocycles. The molecular weight excluding hydrogens is 156 g/mol. The molecule has 0 amide bonds. The van der Waals surface area contributed by atoms with Crippen molar-refractivity contribution in [1.82, 2.24) is 10.2 Å². The standard InChI is InChI=1S/C8H6N2O2/c1-2-6-8(12-4-11-6)7-5(1)3-9-10-7/h1-3H,4H2,(H,9,10). The van der Waals surface area contributed by atoms with Gasteiger partial charge in [0.15, 0.2) is 11.5 Å². The average Bonchev–Trinajstić information content (AvgIpc) is 2.71. The molecule has 3 rings (SSSR count). The van der Waals surface area contributed by atoms with E-state index >= 15 is 0 Å². The van der Waals surface area contributed by atoms with Gasteiger partial charge in [-0.05, 0) is 12.1 Å². The third-order valence-electron chi connectivity index (χ3n) is 1.95. The van der Waals surface area contributed by atoms with Crippen LogP contribution in [0.15, 0.2) is 18.3 Å². The van der Waals surface area contributed by atoms with E-state index in [9.17, 15) is 0 Å². The number of aromatic amines is 1. The number of hydrogen-bond donors (Lipinski definition) is 1. The van der Waals surface area contributed by atoms with Gasteiger partial charge >= 0.3 is 0 Å². The van der Waals surface area contributed by atoms with E-state index < -0.39 is 0 Å². The Morgan fingerprint density at radius 3 is 3.33 bits per heavy atom. The summed E-state index contributed by atoms with van der Waals surface area (Å²) in [7, 11) is 0. The third kappa shape index (κ3) is 0.592. The van der Waals surface area contributed by atoms with Crippen molar-refractivity contribution < 1.29 is 9.47 Å². The van der Waals surface area contributed by atoms with Crippen LogP contribution in [0, 0.1) is 0 Å². The van der Waals surface area contributed by atoms with Gasteiger partial charge < -0.3 is 9.47 Å². The molecule has 2 aromatic rings. The molecule has 0 radical (unpaired) electrons. The molecule has 0 saturated heterocycles. The SMILES string of the molecule is c1cc2cn[nH]c2c2c1OCO2. The first-order valence-corrected chi connectivity index (χ1v) is 3.67. The van der Waals surface area contributed by atoms with Crippen molar-refractivity contribution in [3.8, 4) is 11.5 Å². The van der Waals surface area contributed by atoms with Gasteiger partial charge in [-0.3, -0.25) is 5.10 Å². The Balaban J connectivity index is 2.46. The van der Waals surface area contributed by atoms with Gasteiger partial charge in [-0.2, -0.15) is 5.10 Å². The number of ether oxygens (including phenoxy) is 2. The number of benzene rings is 1. The van der Waals surface area contributed by atoms with Gasteiger partial charge in [-0.15, -0.1) is 0 Å². The van der Waals surface area contributed by atoms with Crippen LogP contribution >= 0.6 is 0 Å². The highest BCUT2D eigenvalue weighted by molar-refractivity contribution is 5.87. The number of nitrogens with zero attached hydrogens (tertiary/aromatic N) is 1. The first kappa shape index (κ1) is 5.88. The maximum Gasteiger partial charge on any atom is 0.231 e. The number of aromatic nitrogens is 2. The quantitative estimate of drug-likeness (QED) is 0.635. The Hall–Kier alpha value is -1.71. The lowest BCUT2D eigenvalue weighted by atomic mass is 10.2. The molecule has 0 unspecified atom stereocenters. The summed E-state index contributed by atoms with van der Waals surface area (Å²) in [5, 5.41) is 7.82. The van der Waals surface area contributed by atoms with Crippen molar-refractivity contribution in [2.45, 2.75) is 0 Å². The van der Waals surface area contributed by atoms with Crippen LogP contribution in [0.5, 0.6) is 11.5 Å². The van der Waals surface area contributed by atoms with Gasteiger partial charge in [0, 0.05) is 5.39 Å². The Bertz CT molecular complexity index is 436. The Morgan fingerprint density at radius 2 is 2.33 bits per heavy atom. The van der Waals surface area contributed by atoms with E-state index in [1.165, 1.54) is 0 Å². The molecule has 1 aliphatic heterocycles. The molecule has 1 aromatic heterocycles. The predicted octanol–water partition coefficient (Wildman–Crippen LogP) is 1.29. The summed E-state index contributed by atoms with van der Waals surface area (Å²) in [5.41, 5.74) is 0.907. The van der Waals surface area contributed by atoms with E-state index in [1.54, 1.807) is 6.20 Å². The summed E-state index contributed by atoms with van der Waals surface area (Å²) >= 11 is 0. The second-order valence-corrected chi connectivity index (χ2v) is 2.63. The van der Waals surface area contributed by atoms with Crippen molar-refractivity contribution in [2.75, 3.05) is 6.79 Å². The number of H-pyrrole nitrogens is 1. The minimum absolute atomic E-state index is 0.299. The molecule has 60 valence electrons. The van der Waals surface area contributed by atoms with Crippen molar-refractivity contribution in [2.24, 2.45) is 0 Å². The van der Waals surface area contributed by atoms with Gasteiger partial charge in [-0.25, -0.2) is 0 Å². The second-order valence-electron chi connectivity index (χ2n) is 2.63. The zero-order chi connectivity index (χ0) is 7.97. The highest BCUT2D eigenvalue weighted by atomic mass is 16.7. The molecule has 12 heavy (non-hydrogen) atoms. The van der Waals surface area contributed by atoms with Crippen molar-refractivity contribution >= 4 is 10.9 Å². The molecule has 0 bridgehead atoms. The predicted molar refractivity (Wildman–Crippen MR) is 42.2 cm³/mol. The second kappa shape index (κ2) is 1.91. The van der Waals surface area contributed by atoms with Crippen molar-refractivity contribution in [1.29, 1.82) is 0 Å². The molecule has 0 atom stereocenters. The normalized spacial score (nSPS) is 14.0. The summed E-state index contributed by atoms with van der Waals surface area (Å²) in [6.45, 7) is 0.299. The van der Waals surface area contributed by atoms with Crippen LogP contribution in [0.4, 0.5) is 0 Å². The fourth-order valence-corrected chi connectivity index (χ4v) is 1.38. The van der Waals surface area contributed by atoms with E-state index in [0.29, 0.717) is 6.79 Å². The molecule has 1 aromatic carbocycles. The van der Waals surface area contributed by atoms with Gasteiger partial charge in [0.05, 0.1) is 6.20 Å². The highest BCUT2D eigenvalue weighted by Crippen LogP contribution is 2.37. The first-order chi connectivity index (χ1) is 5.95. The summed E-state index contributed by atoms with van der Waals surface area (Å²) < 4.78 is 10.5. The van der Waals surface area contributed by atoms with Crippen molar-refractivity contribution in [3.05, 3.63) is 18.3 Å². The van der Waals surface area contributed by atoms with Crippen LogP contribution in [0.25, 0.3) is 10.9 Å². The summed E-state index contributed by atoms with van der Waals surface area (Å²) in [6.07, 6.45) is 1.76. The lowest BCUT2D eigenvalue weighted by Gasteiger charge is -1.94. The largest absolute Gasteiger partial charge is 0.454 e. The average molecular weight is 162 g/mol. The fourth-order valence-electron chi connectivity index (χ4n) is 1.38. The van der Waals surface area contributed by atoms with Gasteiger partial charge in [-0.1, -0.05) is 0 Å². The maximum atomic E-state index is 5.28. The van der Waals surface area contributed by atoms with Crippen LogP contribution in [0.1, 0.15) is 0 Å². The van der Waals surface area contributed by atoms with Gasteiger partial charge in [0.2, 0.25) is 6.79 Å². The van der Waals surface area contributed by atoms with Crippen molar-refractivity contribution in [3.63, 3.8) is 0 Å². The molecule has 0 spiro atoms. The molecule has 0 fully saturated rings. The van der Waals surface area contributed by atoms with E-state index in [-0.39, 0.29) is 0 Å². The minimum atomic E-state index is 0.299. The van der Waals surface area contributed by atoms with E-state index in [0.717, 1.165) is 22.4 Å². The Labute approximate surface area is 68.1 Å². The Kier molecular flexibility index (Phi) is 0.935. The van der Waals surface area contributed by atoms with Gasteiger partial charge in [0.1, 0.15) is 5.52 Å². The maximum absolute atomic E-state index is 5.28. The smallest absolute Gasteiger partial charge is 0.231 e. The topological polar surface area (TPSA) is 47.1 Å². The number of fused-ring (bicyclic) bond motifs is 3. The van der Waals surface area contributed by atoms with Crippen LogP contribution in [-0.2, 0) is 0 Å². The van der Waals surface area contributed by atoms with Crippen LogP contribution in [0.2, 0.25) is 0 Å². The van der Waals surface area contributed by atoms with E-state index in [1.807, 2.05) is 12.1 Å². The molecule has 4 heteroatoms. The number of hydrogen-bond acceptors (Lipinski definition) is 3. The van der Waals surface area contributed by atoms with E-state index in [4.69, 9.17) is 9.47 Å². The zero-order valence-corrected chi connectivity index (χ0v) is 6.20. The fraction of sp³-hybridized carbons (Fsp3) is 0.125. The monoisotopic (exact) mass is 162 g/mol. The van der Waals surface area contributed by atoms with Crippen LogP contribution in [-0.4, -0.2) is 17.0 Å². The lowest BCUT2D eigenvalue weighted by Crippen LogP contribution is -1.93. The third-order valence-corrected chi connectivity index (χ3v) is 1.95. The van der Waals surface area contributed by atoms with Gasteiger partial charge in [0.25, 0.3) is 0 Å². The number of nitrogens with one attached hydrogen (secondary N) is 1. The highest BCUT2D eigenvalue weighted by Gasteiger charge is 2.16. The lowest BCUT2D eigenvalue weighted by molar-refractivity contribution is 0.174.